The largest absolute Gasteiger partial charge is 0.507 e. The summed E-state index contributed by atoms with van der Waals surface area (Å²) < 4.78 is 0.737. The summed E-state index contributed by atoms with van der Waals surface area (Å²) in [7, 11) is 0. The van der Waals surface area contributed by atoms with Gasteiger partial charge in [-0.05, 0) is 48.7 Å². The quantitative estimate of drug-likeness (QED) is 0.759. The number of benzene rings is 2. The summed E-state index contributed by atoms with van der Waals surface area (Å²) in [6.45, 7) is 0. The summed E-state index contributed by atoms with van der Waals surface area (Å²) in [4.78, 5) is 12.2. The maximum absolute atomic E-state index is 12.2. The molecule has 110 valence electrons. The van der Waals surface area contributed by atoms with Crippen molar-refractivity contribution in [2.24, 2.45) is 0 Å². The number of halogens is 2. The Morgan fingerprint density at radius 2 is 2.05 bits per heavy atom. The van der Waals surface area contributed by atoms with E-state index in [1.165, 1.54) is 6.07 Å². The third kappa shape index (κ3) is 4.48. The van der Waals surface area contributed by atoms with Crippen molar-refractivity contribution < 1.29 is 9.90 Å². The van der Waals surface area contributed by atoms with Gasteiger partial charge in [0, 0.05) is 16.0 Å². The minimum Gasteiger partial charge on any atom is -0.507 e. The second-order valence-corrected chi connectivity index (χ2v) is 5.90. The van der Waals surface area contributed by atoms with Crippen LogP contribution in [0.4, 0.5) is 5.69 Å². The lowest BCUT2D eigenvalue weighted by atomic mass is 10.1. The van der Waals surface area contributed by atoms with E-state index in [9.17, 15) is 9.90 Å². The Morgan fingerprint density at radius 3 is 2.81 bits per heavy atom. The molecule has 0 heterocycles. The number of rotatable bonds is 5. The van der Waals surface area contributed by atoms with Crippen LogP contribution in [-0.4, -0.2) is 16.9 Å². The molecule has 0 aromatic heterocycles. The summed E-state index contributed by atoms with van der Waals surface area (Å²) in [6, 6.07) is 12.4. The van der Waals surface area contributed by atoms with Gasteiger partial charge in [0.2, 0.25) is 0 Å². The Labute approximate surface area is 137 Å². The van der Waals surface area contributed by atoms with Crippen LogP contribution < -0.4 is 5.32 Å². The maximum atomic E-state index is 12.2. The fraction of sp³-hybridized carbons (Fsp3) is 0.188. The first-order chi connectivity index (χ1) is 10.1. The average molecular weight is 369 g/mol. The van der Waals surface area contributed by atoms with Gasteiger partial charge in [-0.1, -0.05) is 28.1 Å². The van der Waals surface area contributed by atoms with E-state index in [4.69, 9.17) is 11.6 Å². The summed E-state index contributed by atoms with van der Waals surface area (Å²) in [5.74, 6) is 0.222. The van der Waals surface area contributed by atoms with E-state index in [0.29, 0.717) is 11.6 Å². The number of carbonyl (C=O) groups excluding carboxylic acids is 1. The predicted molar refractivity (Wildman–Crippen MR) is 89.2 cm³/mol. The van der Waals surface area contributed by atoms with Crippen LogP contribution in [0.25, 0.3) is 0 Å². The lowest BCUT2D eigenvalue weighted by Gasteiger charge is -2.09. The van der Waals surface area contributed by atoms with Gasteiger partial charge in [-0.2, -0.15) is 0 Å². The lowest BCUT2D eigenvalue weighted by molar-refractivity contribution is 0.102. The molecule has 1 amide bonds. The molecule has 0 bridgehead atoms. The molecule has 3 nitrogen and oxygen atoms in total. The number of aromatic hydroxyl groups is 1. The lowest BCUT2D eigenvalue weighted by Crippen LogP contribution is -2.12. The van der Waals surface area contributed by atoms with E-state index < -0.39 is 0 Å². The number of aryl methyl sites for hydroxylation is 1. The van der Waals surface area contributed by atoms with Crippen LogP contribution in [0.1, 0.15) is 22.3 Å². The van der Waals surface area contributed by atoms with Gasteiger partial charge in [-0.3, -0.25) is 4.79 Å². The summed E-state index contributed by atoms with van der Waals surface area (Å²) in [5.41, 5.74) is 2.05. The van der Waals surface area contributed by atoms with Crippen molar-refractivity contribution in [3.63, 3.8) is 0 Å². The van der Waals surface area contributed by atoms with Crippen molar-refractivity contribution in [3.8, 4) is 5.75 Å². The Kier molecular flexibility index (Phi) is 5.65. The van der Waals surface area contributed by atoms with Crippen molar-refractivity contribution in [2.45, 2.75) is 12.8 Å². The van der Waals surface area contributed by atoms with E-state index in [2.05, 4.69) is 21.2 Å². The van der Waals surface area contributed by atoms with Gasteiger partial charge in [-0.25, -0.2) is 0 Å². The molecule has 2 aromatic rings. The minimum absolute atomic E-state index is 0.0472. The Bertz CT molecular complexity index is 646. The van der Waals surface area contributed by atoms with Crippen molar-refractivity contribution in [3.05, 3.63) is 58.1 Å². The number of carbonyl (C=O) groups is 1. The zero-order valence-electron chi connectivity index (χ0n) is 11.3. The highest BCUT2D eigenvalue weighted by atomic mass is 79.9. The van der Waals surface area contributed by atoms with Crippen LogP contribution in [0.3, 0.4) is 0 Å². The fourth-order valence-corrected chi connectivity index (χ4v) is 2.46. The molecule has 0 spiro atoms. The first-order valence-electron chi connectivity index (χ1n) is 6.55. The van der Waals surface area contributed by atoms with E-state index in [0.717, 1.165) is 22.9 Å². The van der Waals surface area contributed by atoms with Gasteiger partial charge in [0.15, 0.2) is 0 Å². The van der Waals surface area contributed by atoms with Gasteiger partial charge in [-0.15, -0.1) is 11.6 Å². The average Bonchev–Trinajstić information content (AvgIpc) is 2.48. The SMILES string of the molecule is O=C(Nc1cccc(CCCCl)c1)c1cc(Br)ccc1O. The van der Waals surface area contributed by atoms with Gasteiger partial charge in [0.1, 0.15) is 5.75 Å². The number of amides is 1. The van der Waals surface area contributed by atoms with Crippen LogP contribution in [0.15, 0.2) is 46.9 Å². The molecular formula is C16H15BrClNO2. The molecule has 0 aliphatic rings. The zero-order valence-corrected chi connectivity index (χ0v) is 13.6. The Balaban J connectivity index is 2.14. The number of hydrogen-bond donors (Lipinski definition) is 2. The Hall–Kier alpha value is -1.52. The van der Waals surface area contributed by atoms with E-state index >= 15 is 0 Å². The minimum atomic E-state index is -0.344. The van der Waals surface area contributed by atoms with Crippen molar-refractivity contribution in [2.75, 3.05) is 11.2 Å². The van der Waals surface area contributed by atoms with Gasteiger partial charge >= 0.3 is 0 Å². The molecule has 0 aliphatic heterocycles. The number of phenolic OH excluding ortho intramolecular Hbond substituents is 1. The molecule has 0 saturated heterocycles. The molecule has 0 fully saturated rings. The molecule has 0 saturated carbocycles. The number of anilines is 1. The molecule has 0 radical (unpaired) electrons. The molecule has 0 atom stereocenters. The highest BCUT2D eigenvalue weighted by Gasteiger charge is 2.12. The number of phenols is 1. The number of hydrogen-bond acceptors (Lipinski definition) is 2. The topological polar surface area (TPSA) is 49.3 Å². The smallest absolute Gasteiger partial charge is 0.259 e. The van der Waals surface area contributed by atoms with Crippen molar-refractivity contribution in [1.82, 2.24) is 0 Å². The molecule has 2 rings (SSSR count). The first kappa shape index (κ1) is 15.9. The highest BCUT2D eigenvalue weighted by Crippen LogP contribution is 2.23. The van der Waals surface area contributed by atoms with E-state index in [1.807, 2.05) is 24.3 Å². The fourth-order valence-electron chi connectivity index (χ4n) is 1.96. The second kappa shape index (κ2) is 7.48. The predicted octanol–water partition coefficient (Wildman–Crippen LogP) is 4.58. The summed E-state index contributed by atoms with van der Waals surface area (Å²) >= 11 is 8.97. The van der Waals surface area contributed by atoms with E-state index in [1.54, 1.807) is 12.1 Å². The third-order valence-electron chi connectivity index (χ3n) is 2.99. The standard InChI is InChI=1S/C16H15BrClNO2/c17-12-6-7-15(20)14(10-12)16(21)19-13-5-1-3-11(9-13)4-2-8-18/h1,3,5-7,9-10,20H,2,4,8H2,(H,19,21). The van der Waals surface area contributed by atoms with Crippen LogP contribution in [-0.2, 0) is 6.42 Å². The zero-order chi connectivity index (χ0) is 15.2. The number of nitrogens with one attached hydrogen (secondary N) is 1. The molecule has 21 heavy (non-hydrogen) atoms. The second-order valence-electron chi connectivity index (χ2n) is 4.61. The van der Waals surface area contributed by atoms with Crippen molar-refractivity contribution in [1.29, 1.82) is 0 Å². The molecular weight excluding hydrogens is 354 g/mol. The molecule has 2 aromatic carbocycles. The molecule has 0 unspecified atom stereocenters. The summed E-state index contributed by atoms with van der Waals surface area (Å²) in [6.07, 6.45) is 1.76. The molecule has 5 heteroatoms. The Morgan fingerprint density at radius 1 is 1.24 bits per heavy atom. The molecule has 2 N–H and O–H groups in total. The van der Waals surface area contributed by atoms with Gasteiger partial charge < -0.3 is 10.4 Å². The van der Waals surface area contributed by atoms with Crippen LogP contribution in [0, 0.1) is 0 Å². The van der Waals surface area contributed by atoms with Crippen LogP contribution in [0.5, 0.6) is 5.75 Å². The van der Waals surface area contributed by atoms with Crippen LogP contribution in [0.2, 0.25) is 0 Å². The number of alkyl halides is 1. The van der Waals surface area contributed by atoms with Gasteiger partial charge in [0.05, 0.1) is 5.56 Å². The van der Waals surface area contributed by atoms with E-state index in [-0.39, 0.29) is 17.2 Å². The van der Waals surface area contributed by atoms with Gasteiger partial charge in [0.25, 0.3) is 5.91 Å². The van der Waals surface area contributed by atoms with Crippen molar-refractivity contribution >= 4 is 39.1 Å². The molecule has 0 aliphatic carbocycles. The normalized spacial score (nSPS) is 10.4. The monoisotopic (exact) mass is 367 g/mol. The third-order valence-corrected chi connectivity index (χ3v) is 3.75. The first-order valence-corrected chi connectivity index (χ1v) is 7.87. The maximum Gasteiger partial charge on any atom is 0.259 e. The highest BCUT2D eigenvalue weighted by molar-refractivity contribution is 9.10. The summed E-state index contributed by atoms with van der Waals surface area (Å²) in [5, 5.41) is 12.5. The van der Waals surface area contributed by atoms with Crippen LogP contribution >= 0.6 is 27.5 Å².